The summed E-state index contributed by atoms with van der Waals surface area (Å²) < 4.78 is 6.23. The van der Waals surface area contributed by atoms with E-state index >= 15 is 0 Å². The van der Waals surface area contributed by atoms with Gasteiger partial charge in [0.2, 0.25) is 0 Å². The molecule has 2 N–H and O–H groups in total. The molecule has 3 atom stereocenters. The number of carbonyl (C=O) groups excluding carboxylic acids is 1. The van der Waals surface area contributed by atoms with E-state index in [9.17, 15) is 4.79 Å². The fourth-order valence-corrected chi connectivity index (χ4v) is 5.35. The second-order valence-electron chi connectivity index (χ2n) is 8.03. The number of ketones is 1. The summed E-state index contributed by atoms with van der Waals surface area (Å²) in [6.07, 6.45) is 3.17. The van der Waals surface area contributed by atoms with Crippen molar-refractivity contribution in [1.82, 2.24) is 20.2 Å². The van der Waals surface area contributed by atoms with Gasteiger partial charge in [-0.05, 0) is 48.4 Å². The highest BCUT2D eigenvalue weighted by Crippen LogP contribution is 2.46. The standard InChI is InChI=1S/C22H19N5O2S/c1-11-8-15-20(16(28)9-11)19(12-10-23-27-21(12)24-15)17-6-7-18(29-17)30-22-25-13-4-2-3-5-14(13)26-22/h2-7,10-11,19-20H,8-9H2,1H3,(H,23,27)(H,25,26). The van der Waals surface area contributed by atoms with E-state index in [0.717, 1.165) is 50.6 Å². The van der Waals surface area contributed by atoms with Gasteiger partial charge in [-0.1, -0.05) is 19.1 Å². The quantitative estimate of drug-likeness (QED) is 0.496. The number of Topliss-reactive ketones (excluding diaryl/α,β-unsaturated/α-hetero) is 1. The zero-order valence-electron chi connectivity index (χ0n) is 16.3. The van der Waals surface area contributed by atoms with E-state index in [1.54, 1.807) is 6.20 Å². The van der Waals surface area contributed by atoms with E-state index in [4.69, 9.17) is 9.41 Å². The van der Waals surface area contributed by atoms with Crippen LogP contribution in [0.4, 0.5) is 5.82 Å². The summed E-state index contributed by atoms with van der Waals surface area (Å²) in [5, 5.41) is 8.65. The summed E-state index contributed by atoms with van der Waals surface area (Å²) in [5.41, 5.74) is 3.76. The van der Waals surface area contributed by atoms with Crippen molar-refractivity contribution >= 4 is 40.1 Å². The van der Waals surface area contributed by atoms with Crippen molar-refractivity contribution in [1.29, 1.82) is 0 Å². The number of rotatable bonds is 3. The molecular formula is C22H19N5O2S. The van der Waals surface area contributed by atoms with E-state index in [1.165, 1.54) is 11.8 Å². The molecular weight excluding hydrogens is 398 g/mol. The fourth-order valence-electron chi connectivity index (χ4n) is 4.58. The third-order valence-electron chi connectivity index (χ3n) is 5.86. The van der Waals surface area contributed by atoms with Gasteiger partial charge in [-0.2, -0.15) is 5.10 Å². The number of furan rings is 1. The lowest BCUT2D eigenvalue weighted by Crippen LogP contribution is -2.38. The van der Waals surface area contributed by atoms with Gasteiger partial charge in [-0.25, -0.2) is 9.98 Å². The third kappa shape index (κ3) is 2.82. The Balaban J connectivity index is 1.35. The number of nitrogens with zero attached hydrogens (tertiary/aromatic N) is 3. The normalized spacial score (nSPS) is 23.3. The number of para-hydroxylation sites is 2. The first-order valence-electron chi connectivity index (χ1n) is 10.0. The van der Waals surface area contributed by atoms with Crippen LogP contribution in [0.25, 0.3) is 11.0 Å². The summed E-state index contributed by atoms with van der Waals surface area (Å²) in [6, 6.07) is 11.8. The summed E-state index contributed by atoms with van der Waals surface area (Å²) in [7, 11) is 0. The SMILES string of the molecule is CC1CC(=O)C2C(=Nc3[nH]ncc3C2c2ccc(Sc3nc4ccccc4[nH]3)o2)C1. The van der Waals surface area contributed by atoms with Crippen molar-refractivity contribution < 1.29 is 9.21 Å². The van der Waals surface area contributed by atoms with Crippen LogP contribution in [0.3, 0.4) is 0 Å². The number of hydrogen-bond acceptors (Lipinski definition) is 6. The van der Waals surface area contributed by atoms with Crippen molar-refractivity contribution in [3.05, 3.63) is 53.9 Å². The lowest BCUT2D eigenvalue weighted by molar-refractivity contribution is -0.122. The molecule has 30 heavy (non-hydrogen) atoms. The van der Waals surface area contributed by atoms with Crippen LogP contribution in [-0.4, -0.2) is 31.7 Å². The van der Waals surface area contributed by atoms with Gasteiger partial charge in [0.05, 0.1) is 29.1 Å². The van der Waals surface area contributed by atoms with Crippen LogP contribution < -0.4 is 0 Å². The first kappa shape index (κ1) is 17.7. The zero-order chi connectivity index (χ0) is 20.2. The Hall–Kier alpha value is -3.13. The minimum absolute atomic E-state index is 0.198. The molecule has 6 rings (SSSR count). The number of fused-ring (bicyclic) bond motifs is 3. The number of aromatic nitrogens is 4. The Kier molecular flexibility index (Phi) is 3.95. The Morgan fingerprint density at radius 1 is 1.13 bits per heavy atom. The molecule has 4 aromatic rings. The van der Waals surface area contributed by atoms with Gasteiger partial charge >= 0.3 is 0 Å². The average molecular weight is 417 g/mol. The second kappa shape index (κ2) is 6.70. The van der Waals surface area contributed by atoms with Crippen LogP contribution in [0, 0.1) is 11.8 Å². The molecule has 0 bridgehead atoms. The first-order chi connectivity index (χ1) is 14.7. The van der Waals surface area contributed by atoms with E-state index in [2.05, 4.69) is 27.1 Å². The summed E-state index contributed by atoms with van der Waals surface area (Å²) in [6.45, 7) is 2.10. The number of H-pyrrole nitrogens is 2. The maximum absolute atomic E-state index is 13.0. The minimum Gasteiger partial charge on any atom is -0.454 e. The fraction of sp³-hybridized carbons (Fsp3) is 0.273. The first-order valence-corrected chi connectivity index (χ1v) is 10.8. The van der Waals surface area contributed by atoms with Crippen molar-refractivity contribution in [2.75, 3.05) is 0 Å². The highest BCUT2D eigenvalue weighted by atomic mass is 32.2. The summed E-state index contributed by atoms with van der Waals surface area (Å²) >= 11 is 1.44. The van der Waals surface area contributed by atoms with E-state index in [-0.39, 0.29) is 17.6 Å². The number of nitrogens with one attached hydrogen (secondary N) is 2. The molecule has 1 aliphatic heterocycles. The van der Waals surface area contributed by atoms with E-state index < -0.39 is 0 Å². The number of carbonyl (C=O) groups is 1. The van der Waals surface area contributed by atoms with Crippen molar-refractivity contribution in [3.63, 3.8) is 0 Å². The van der Waals surface area contributed by atoms with Gasteiger partial charge in [0.1, 0.15) is 11.5 Å². The molecule has 150 valence electrons. The molecule has 1 aromatic carbocycles. The number of imidazole rings is 1. The molecule has 4 heterocycles. The smallest absolute Gasteiger partial charge is 0.174 e. The molecule has 7 nitrogen and oxygen atoms in total. The van der Waals surface area contributed by atoms with Crippen LogP contribution in [0.15, 0.2) is 62.3 Å². The second-order valence-corrected chi connectivity index (χ2v) is 9.02. The molecule has 0 saturated heterocycles. The van der Waals surface area contributed by atoms with Gasteiger partial charge in [0.25, 0.3) is 0 Å². The van der Waals surface area contributed by atoms with Gasteiger partial charge < -0.3 is 9.40 Å². The van der Waals surface area contributed by atoms with Gasteiger partial charge in [0.15, 0.2) is 16.1 Å². The van der Waals surface area contributed by atoms with Crippen LogP contribution in [0.1, 0.15) is 37.0 Å². The van der Waals surface area contributed by atoms with Crippen LogP contribution in [0.2, 0.25) is 0 Å². The Labute approximate surface area is 176 Å². The highest BCUT2D eigenvalue weighted by molar-refractivity contribution is 7.99. The zero-order valence-corrected chi connectivity index (χ0v) is 17.1. The number of aromatic amines is 2. The monoisotopic (exact) mass is 417 g/mol. The molecule has 3 aromatic heterocycles. The largest absolute Gasteiger partial charge is 0.454 e. The molecule has 3 unspecified atom stereocenters. The lowest BCUT2D eigenvalue weighted by Gasteiger charge is -2.34. The van der Waals surface area contributed by atoms with Gasteiger partial charge in [-0.3, -0.25) is 9.89 Å². The topological polar surface area (TPSA) is 99.9 Å². The lowest BCUT2D eigenvalue weighted by atomic mass is 9.70. The molecule has 0 amide bonds. The number of hydrogen-bond donors (Lipinski definition) is 2. The Morgan fingerprint density at radius 2 is 2.03 bits per heavy atom. The molecule has 2 aliphatic rings. The molecule has 8 heteroatoms. The molecule has 1 aliphatic carbocycles. The van der Waals surface area contributed by atoms with Gasteiger partial charge in [-0.15, -0.1) is 0 Å². The van der Waals surface area contributed by atoms with Crippen LogP contribution in [-0.2, 0) is 4.79 Å². The van der Waals surface area contributed by atoms with E-state index in [1.807, 2.05) is 36.4 Å². The van der Waals surface area contributed by atoms with Crippen molar-refractivity contribution in [3.8, 4) is 0 Å². The Bertz CT molecular complexity index is 1270. The van der Waals surface area contributed by atoms with Crippen molar-refractivity contribution in [2.24, 2.45) is 16.8 Å². The number of aliphatic imine (C=N–C) groups is 1. The molecule has 1 fully saturated rings. The molecule has 0 spiro atoms. The van der Waals surface area contributed by atoms with Crippen molar-refractivity contribution in [2.45, 2.75) is 35.9 Å². The van der Waals surface area contributed by atoms with Gasteiger partial charge in [0, 0.05) is 17.7 Å². The summed E-state index contributed by atoms with van der Waals surface area (Å²) in [5.74, 6) is 1.56. The Morgan fingerprint density at radius 3 is 2.93 bits per heavy atom. The molecule has 0 radical (unpaired) electrons. The number of benzene rings is 1. The molecule has 1 saturated carbocycles. The predicted octanol–water partition coefficient (Wildman–Crippen LogP) is 4.86. The van der Waals surface area contributed by atoms with Crippen LogP contribution >= 0.6 is 11.8 Å². The third-order valence-corrected chi connectivity index (χ3v) is 6.67. The summed E-state index contributed by atoms with van der Waals surface area (Å²) in [4.78, 5) is 25.6. The highest BCUT2D eigenvalue weighted by Gasteiger charge is 2.44. The predicted molar refractivity (Wildman–Crippen MR) is 113 cm³/mol. The minimum atomic E-state index is -0.276. The maximum Gasteiger partial charge on any atom is 0.174 e. The average Bonchev–Trinajstić information content (AvgIpc) is 3.45. The van der Waals surface area contributed by atoms with Crippen LogP contribution in [0.5, 0.6) is 0 Å². The maximum atomic E-state index is 13.0. The van der Waals surface area contributed by atoms with E-state index in [0.29, 0.717) is 12.3 Å².